The Balaban J connectivity index is 1.19. The first-order chi connectivity index (χ1) is 12.8. The summed E-state index contributed by atoms with van der Waals surface area (Å²) in [6, 6.07) is 17.7. The van der Waals surface area contributed by atoms with Gasteiger partial charge in [-0.15, -0.1) is 0 Å². The highest BCUT2D eigenvalue weighted by Crippen LogP contribution is 2.41. The zero-order valence-corrected chi connectivity index (χ0v) is 17.0. The fourth-order valence-electron chi connectivity index (χ4n) is 4.19. The highest BCUT2D eigenvalue weighted by molar-refractivity contribution is 9.10. The van der Waals surface area contributed by atoms with E-state index in [2.05, 4.69) is 63.3 Å². The van der Waals surface area contributed by atoms with Crippen molar-refractivity contribution in [2.75, 3.05) is 19.7 Å². The van der Waals surface area contributed by atoms with Gasteiger partial charge in [-0.2, -0.15) is 0 Å². The van der Waals surface area contributed by atoms with Gasteiger partial charge in [0.1, 0.15) is 0 Å². The topological polar surface area (TPSA) is 12.5 Å². The number of rotatable bonds is 7. The highest BCUT2D eigenvalue weighted by atomic mass is 79.9. The van der Waals surface area contributed by atoms with E-state index < -0.39 is 0 Å². The van der Waals surface area contributed by atoms with Gasteiger partial charge in [0.2, 0.25) is 0 Å². The lowest BCUT2D eigenvalue weighted by Crippen LogP contribution is -2.26. The lowest BCUT2D eigenvalue weighted by molar-refractivity contribution is 0.0506. The van der Waals surface area contributed by atoms with E-state index >= 15 is 0 Å². The molecule has 0 atom stereocenters. The number of hydrogen-bond acceptors (Lipinski definition) is 2. The summed E-state index contributed by atoms with van der Waals surface area (Å²) >= 11 is 3.58. The largest absolute Gasteiger partial charge is 0.376 e. The zero-order valence-electron chi connectivity index (χ0n) is 15.4. The third-order valence-corrected chi connectivity index (χ3v) is 6.63. The summed E-state index contributed by atoms with van der Waals surface area (Å²) in [4.78, 5) is 2.57. The normalized spacial score (nSPS) is 23.1. The quantitative estimate of drug-likeness (QED) is 0.572. The molecule has 0 radical (unpaired) electrons. The molecule has 1 heterocycles. The Morgan fingerprint density at radius 1 is 0.962 bits per heavy atom. The molecule has 2 nitrogen and oxygen atoms in total. The number of benzene rings is 2. The molecule has 0 bridgehead atoms. The van der Waals surface area contributed by atoms with Gasteiger partial charge in [0, 0.05) is 17.6 Å². The van der Waals surface area contributed by atoms with Gasteiger partial charge in [0.05, 0.1) is 6.61 Å². The molecule has 2 aliphatic rings. The molecular weight excluding hydrogens is 386 g/mol. The molecule has 0 N–H and O–H groups in total. The predicted molar refractivity (Wildman–Crippen MR) is 110 cm³/mol. The molecule has 0 spiro atoms. The second kappa shape index (κ2) is 8.69. The van der Waals surface area contributed by atoms with Gasteiger partial charge in [-0.3, -0.25) is 4.90 Å². The summed E-state index contributed by atoms with van der Waals surface area (Å²) in [5, 5.41) is 0. The van der Waals surface area contributed by atoms with Crippen molar-refractivity contribution in [1.29, 1.82) is 0 Å². The van der Waals surface area contributed by atoms with Crippen molar-refractivity contribution in [2.24, 2.45) is 5.92 Å². The van der Waals surface area contributed by atoms with Gasteiger partial charge in [0.25, 0.3) is 0 Å². The standard InChI is InChI=1S/C23H28BrNO/c24-23-6-2-1-5-21(23)17-26-16-19-13-22(14-19)20-9-7-18(8-10-20)15-25-11-3-4-12-25/h1-2,5-10,19,22H,3-4,11-17H2. The maximum atomic E-state index is 5.95. The number of nitrogens with zero attached hydrogens (tertiary/aromatic N) is 1. The van der Waals surface area contributed by atoms with Crippen LogP contribution in [0.1, 0.15) is 48.3 Å². The van der Waals surface area contributed by atoms with Gasteiger partial charge in [-0.25, -0.2) is 0 Å². The van der Waals surface area contributed by atoms with Gasteiger partial charge in [-0.05, 0) is 73.4 Å². The van der Waals surface area contributed by atoms with Crippen molar-refractivity contribution in [2.45, 2.75) is 44.8 Å². The van der Waals surface area contributed by atoms with Crippen LogP contribution in [0, 0.1) is 5.92 Å². The van der Waals surface area contributed by atoms with Crippen LogP contribution in [0.25, 0.3) is 0 Å². The predicted octanol–water partition coefficient (Wildman–Crippen LogP) is 5.76. The van der Waals surface area contributed by atoms with Crippen LogP contribution < -0.4 is 0 Å². The second-order valence-electron chi connectivity index (χ2n) is 7.87. The summed E-state index contributed by atoms with van der Waals surface area (Å²) in [6.07, 6.45) is 5.26. The lowest BCUT2D eigenvalue weighted by Gasteiger charge is -2.35. The van der Waals surface area contributed by atoms with E-state index in [4.69, 9.17) is 4.74 Å². The van der Waals surface area contributed by atoms with Crippen molar-refractivity contribution >= 4 is 15.9 Å². The van der Waals surface area contributed by atoms with E-state index in [1.807, 2.05) is 6.07 Å². The fourth-order valence-corrected chi connectivity index (χ4v) is 4.59. The summed E-state index contributed by atoms with van der Waals surface area (Å²) in [5.41, 5.74) is 4.21. The number of likely N-dealkylation sites (tertiary alicyclic amines) is 1. The van der Waals surface area contributed by atoms with Crippen LogP contribution in [0.15, 0.2) is 53.0 Å². The summed E-state index contributed by atoms with van der Waals surface area (Å²) in [7, 11) is 0. The summed E-state index contributed by atoms with van der Waals surface area (Å²) < 4.78 is 7.09. The minimum absolute atomic E-state index is 0.702. The third-order valence-electron chi connectivity index (χ3n) is 5.86. The van der Waals surface area contributed by atoms with Gasteiger partial charge in [0.15, 0.2) is 0 Å². The Bertz CT molecular complexity index is 702. The third kappa shape index (κ3) is 4.57. The van der Waals surface area contributed by atoms with E-state index in [-0.39, 0.29) is 0 Å². The molecule has 2 aromatic rings. The van der Waals surface area contributed by atoms with Crippen molar-refractivity contribution in [3.63, 3.8) is 0 Å². The summed E-state index contributed by atoms with van der Waals surface area (Å²) in [5.74, 6) is 1.44. The Morgan fingerprint density at radius 2 is 1.69 bits per heavy atom. The number of halogens is 1. The molecule has 0 unspecified atom stereocenters. The van der Waals surface area contributed by atoms with E-state index in [0.29, 0.717) is 12.5 Å². The Hall–Kier alpha value is -1.16. The Morgan fingerprint density at radius 3 is 2.42 bits per heavy atom. The number of ether oxygens (including phenoxy) is 1. The Labute approximate surface area is 165 Å². The average molecular weight is 414 g/mol. The molecule has 138 valence electrons. The zero-order chi connectivity index (χ0) is 17.8. The Kier molecular flexibility index (Phi) is 6.08. The van der Waals surface area contributed by atoms with Crippen LogP contribution in [0.2, 0.25) is 0 Å². The molecule has 1 aliphatic heterocycles. The van der Waals surface area contributed by atoms with Crippen molar-refractivity contribution in [3.8, 4) is 0 Å². The first kappa shape index (κ1) is 18.2. The molecule has 26 heavy (non-hydrogen) atoms. The van der Waals surface area contributed by atoms with Gasteiger partial charge < -0.3 is 4.74 Å². The fraction of sp³-hybridized carbons (Fsp3) is 0.478. The molecule has 4 rings (SSSR count). The van der Waals surface area contributed by atoms with Gasteiger partial charge >= 0.3 is 0 Å². The van der Waals surface area contributed by atoms with Crippen LogP contribution in [-0.4, -0.2) is 24.6 Å². The van der Waals surface area contributed by atoms with Crippen LogP contribution in [0.5, 0.6) is 0 Å². The summed E-state index contributed by atoms with van der Waals surface area (Å²) in [6.45, 7) is 5.24. The van der Waals surface area contributed by atoms with Crippen molar-refractivity contribution in [3.05, 3.63) is 69.7 Å². The monoisotopic (exact) mass is 413 g/mol. The maximum absolute atomic E-state index is 5.95. The molecule has 1 saturated heterocycles. The smallest absolute Gasteiger partial charge is 0.0727 e. The van der Waals surface area contributed by atoms with E-state index in [9.17, 15) is 0 Å². The average Bonchev–Trinajstić information content (AvgIpc) is 3.12. The highest BCUT2D eigenvalue weighted by Gasteiger charge is 2.30. The molecule has 2 fully saturated rings. The van der Waals surface area contributed by atoms with E-state index in [0.717, 1.165) is 23.5 Å². The molecule has 3 heteroatoms. The minimum atomic E-state index is 0.702. The molecule has 1 saturated carbocycles. The lowest BCUT2D eigenvalue weighted by atomic mass is 9.72. The van der Waals surface area contributed by atoms with Crippen LogP contribution in [0.3, 0.4) is 0 Å². The molecule has 0 aromatic heterocycles. The minimum Gasteiger partial charge on any atom is -0.376 e. The van der Waals surface area contributed by atoms with Crippen LogP contribution >= 0.6 is 15.9 Å². The number of hydrogen-bond donors (Lipinski definition) is 0. The first-order valence-corrected chi connectivity index (χ1v) is 10.7. The molecule has 0 amide bonds. The van der Waals surface area contributed by atoms with E-state index in [1.165, 1.54) is 55.5 Å². The SMILES string of the molecule is Brc1ccccc1COCC1CC(c2ccc(CN3CCCC3)cc2)C1. The second-order valence-corrected chi connectivity index (χ2v) is 8.72. The van der Waals surface area contributed by atoms with Crippen LogP contribution in [-0.2, 0) is 17.9 Å². The molecular formula is C23H28BrNO. The molecule has 1 aliphatic carbocycles. The van der Waals surface area contributed by atoms with Crippen LogP contribution in [0.4, 0.5) is 0 Å². The van der Waals surface area contributed by atoms with Crippen molar-refractivity contribution < 1.29 is 4.74 Å². The molecule has 2 aromatic carbocycles. The maximum Gasteiger partial charge on any atom is 0.0727 e. The van der Waals surface area contributed by atoms with E-state index in [1.54, 1.807) is 0 Å². The van der Waals surface area contributed by atoms with Crippen molar-refractivity contribution in [1.82, 2.24) is 4.90 Å². The van der Waals surface area contributed by atoms with Gasteiger partial charge in [-0.1, -0.05) is 58.4 Å². The first-order valence-electron chi connectivity index (χ1n) is 9.90.